The number of nitrogens with one attached hydrogen (secondary N) is 1. The van der Waals surface area contributed by atoms with Gasteiger partial charge in [0.1, 0.15) is 6.04 Å². The van der Waals surface area contributed by atoms with Gasteiger partial charge in [0, 0.05) is 6.54 Å². The summed E-state index contributed by atoms with van der Waals surface area (Å²) in [5.74, 6) is 1.07. The van der Waals surface area contributed by atoms with Crippen LogP contribution in [0.15, 0.2) is 42.5 Å². The largest absolute Gasteiger partial charge is 0.493 e. The molecule has 0 spiro atoms. The third kappa shape index (κ3) is 4.98. The van der Waals surface area contributed by atoms with Gasteiger partial charge in [-0.25, -0.2) is 9.59 Å². The maximum atomic E-state index is 13.4. The van der Waals surface area contributed by atoms with Crippen LogP contribution in [0.25, 0.3) is 0 Å². The Kier molecular flexibility index (Phi) is 7.62. The van der Waals surface area contributed by atoms with Crippen molar-refractivity contribution in [2.45, 2.75) is 38.8 Å². The van der Waals surface area contributed by atoms with Crippen LogP contribution in [0.2, 0.25) is 0 Å². The molecule has 32 heavy (non-hydrogen) atoms. The summed E-state index contributed by atoms with van der Waals surface area (Å²) in [6.07, 6.45) is 1.17. The summed E-state index contributed by atoms with van der Waals surface area (Å²) in [5, 5.41) is 2.91. The van der Waals surface area contributed by atoms with Gasteiger partial charge in [0.2, 0.25) is 0 Å². The minimum absolute atomic E-state index is 0.225. The van der Waals surface area contributed by atoms with Gasteiger partial charge < -0.3 is 24.4 Å². The van der Waals surface area contributed by atoms with E-state index in [-0.39, 0.29) is 18.0 Å². The molecular weight excluding hydrogens is 408 g/mol. The van der Waals surface area contributed by atoms with Crippen LogP contribution in [0.3, 0.4) is 0 Å². The van der Waals surface area contributed by atoms with E-state index in [1.807, 2.05) is 56.3 Å². The third-order valence-electron chi connectivity index (χ3n) is 5.74. The maximum absolute atomic E-state index is 13.4. The van der Waals surface area contributed by atoms with E-state index in [9.17, 15) is 9.59 Å². The summed E-state index contributed by atoms with van der Waals surface area (Å²) < 4.78 is 15.9. The number of nitrogens with zero attached hydrogens (tertiary/aromatic N) is 1. The van der Waals surface area contributed by atoms with Crippen LogP contribution < -0.4 is 14.8 Å². The zero-order valence-electron chi connectivity index (χ0n) is 19.4. The first-order chi connectivity index (χ1) is 15.4. The van der Waals surface area contributed by atoms with Crippen LogP contribution in [0.1, 0.15) is 43.0 Å². The number of carbonyl (C=O) groups excluding carboxylic acids is 2. The predicted octanol–water partition coefficient (Wildman–Crippen LogP) is 3.95. The minimum atomic E-state index is -0.698. The van der Waals surface area contributed by atoms with E-state index in [0.29, 0.717) is 30.9 Å². The lowest BCUT2D eigenvalue weighted by atomic mass is 9.88. The van der Waals surface area contributed by atoms with Gasteiger partial charge >= 0.3 is 12.0 Å². The van der Waals surface area contributed by atoms with Crippen LogP contribution in [0.4, 0.5) is 4.79 Å². The van der Waals surface area contributed by atoms with Crippen LogP contribution in [0.5, 0.6) is 11.5 Å². The molecule has 1 aliphatic rings. The highest BCUT2D eigenvalue weighted by Gasteiger charge is 2.35. The molecule has 1 N–H and O–H groups in total. The lowest BCUT2D eigenvalue weighted by Gasteiger charge is -2.38. The normalized spacial score (nSPS) is 16.2. The van der Waals surface area contributed by atoms with Crippen molar-refractivity contribution < 1.29 is 23.8 Å². The lowest BCUT2D eigenvalue weighted by molar-refractivity contribution is -0.143. The van der Waals surface area contributed by atoms with Gasteiger partial charge in [-0.3, -0.25) is 0 Å². The standard InChI is InChI=1S/C25H32N2O5/c1-16(2)13-20(24(28)32-5)26-25(29)27-12-11-18-14-21(30-3)22(31-4)15-19(18)23(27)17-9-7-6-8-10-17/h6-10,14-16,20,23H,11-13H2,1-5H3,(H,26,29)/t20-,23-/m0/s1. The second kappa shape index (κ2) is 10.4. The zero-order chi connectivity index (χ0) is 23.3. The number of ether oxygens (including phenoxy) is 3. The molecule has 7 heteroatoms. The molecule has 1 heterocycles. The van der Waals surface area contributed by atoms with Crippen molar-refractivity contribution in [1.82, 2.24) is 10.2 Å². The van der Waals surface area contributed by atoms with Crippen molar-refractivity contribution in [2.75, 3.05) is 27.9 Å². The van der Waals surface area contributed by atoms with E-state index in [2.05, 4.69) is 5.32 Å². The average Bonchev–Trinajstić information content (AvgIpc) is 2.81. The van der Waals surface area contributed by atoms with Gasteiger partial charge in [-0.15, -0.1) is 0 Å². The molecule has 0 saturated heterocycles. The molecule has 7 nitrogen and oxygen atoms in total. The van der Waals surface area contributed by atoms with Crippen LogP contribution in [-0.4, -0.2) is 50.8 Å². The number of hydrogen-bond acceptors (Lipinski definition) is 5. The molecule has 2 amide bonds. The number of amides is 2. The summed E-state index contributed by atoms with van der Waals surface area (Å²) in [6.45, 7) is 4.51. The summed E-state index contributed by atoms with van der Waals surface area (Å²) in [7, 11) is 4.55. The fourth-order valence-electron chi connectivity index (χ4n) is 4.22. The number of esters is 1. The fourth-order valence-corrected chi connectivity index (χ4v) is 4.22. The van der Waals surface area contributed by atoms with Crippen molar-refractivity contribution in [2.24, 2.45) is 5.92 Å². The molecule has 0 aromatic heterocycles. The van der Waals surface area contributed by atoms with Crippen molar-refractivity contribution in [1.29, 1.82) is 0 Å². The van der Waals surface area contributed by atoms with Gasteiger partial charge in [-0.2, -0.15) is 0 Å². The van der Waals surface area contributed by atoms with Gasteiger partial charge in [-0.05, 0) is 47.6 Å². The lowest BCUT2D eigenvalue weighted by Crippen LogP contribution is -2.51. The Balaban J connectivity index is 2.00. The van der Waals surface area contributed by atoms with Gasteiger partial charge in [0.25, 0.3) is 0 Å². The van der Waals surface area contributed by atoms with Gasteiger partial charge in [-0.1, -0.05) is 44.2 Å². The van der Waals surface area contributed by atoms with E-state index < -0.39 is 12.0 Å². The summed E-state index contributed by atoms with van der Waals surface area (Å²) in [6, 6.07) is 12.5. The molecule has 2 aromatic rings. The first kappa shape index (κ1) is 23.4. The van der Waals surface area contributed by atoms with Gasteiger partial charge in [0.05, 0.1) is 27.4 Å². The Morgan fingerprint density at radius 3 is 2.31 bits per heavy atom. The molecule has 0 aliphatic carbocycles. The number of fused-ring (bicyclic) bond motifs is 1. The number of carbonyl (C=O) groups is 2. The van der Waals surface area contributed by atoms with E-state index >= 15 is 0 Å². The Hall–Kier alpha value is -3.22. The first-order valence-corrected chi connectivity index (χ1v) is 10.8. The molecule has 0 saturated carbocycles. The average molecular weight is 441 g/mol. The van der Waals surface area contributed by atoms with Crippen molar-refractivity contribution >= 4 is 12.0 Å². The fraction of sp³-hybridized carbons (Fsp3) is 0.440. The molecule has 0 unspecified atom stereocenters. The van der Waals surface area contributed by atoms with Crippen LogP contribution in [-0.2, 0) is 16.0 Å². The molecule has 1 aliphatic heterocycles. The second-order valence-corrected chi connectivity index (χ2v) is 8.32. The maximum Gasteiger partial charge on any atom is 0.328 e. The Labute approximate surface area is 189 Å². The predicted molar refractivity (Wildman–Crippen MR) is 122 cm³/mol. The number of urea groups is 1. The second-order valence-electron chi connectivity index (χ2n) is 8.32. The van der Waals surface area contributed by atoms with E-state index in [1.54, 1.807) is 19.1 Å². The van der Waals surface area contributed by atoms with E-state index in [1.165, 1.54) is 7.11 Å². The highest BCUT2D eigenvalue weighted by atomic mass is 16.5. The molecule has 0 radical (unpaired) electrons. The number of rotatable bonds is 7. The number of hydrogen-bond donors (Lipinski definition) is 1. The summed E-state index contributed by atoms with van der Waals surface area (Å²) in [5.41, 5.74) is 3.07. The van der Waals surface area contributed by atoms with E-state index in [0.717, 1.165) is 16.7 Å². The van der Waals surface area contributed by atoms with Gasteiger partial charge in [0.15, 0.2) is 11.5 Å². The quantitative estimate of drug-likeness (QED) is 0.660. The molecule has 2 aromatic carbocycles. The molecule has 172 valence electrons. The molecule has 0 bridgehead atoms. The molecule has 0 fully saturated rings. The highest BCUT2D eigenvalue weighted by molar-refractivity contribution is 5.84. The first-order valence-electron chi connectivity index (χ1n) is 10.8. The SMILES string of the molecule is COC(=O)[C@H](CC(C)C)NC(=O)N1CCc2cc(OC)c(OC)cc2[C@@H]1c1ccccc1. The molecule has 3 rings (SSSR count). The Morgan fingerprint density at radius 2 is 1.72 bits per heavy atom. The Morgan fingerprint density at radius 1 is 1.06 bits per heavy atom. The van der Waals surface area contributed by atoms with Crippen LogP contribution in [0, 0.1) is 5.92 Å². The minimum Gasteiger partial charge on any atom is -0.493 e. The Bertz CT molecular complexity index is 945. The molecular formula is C25H32N2O5. The summed E-state index contributed by atoms with van der Waals surface area (Å²) >= 11 is 0. The van der Waals surface area contributed by atoms with Crippen molar-refractivity contribution in [3.05, 3.63) is 59.2 Å². The number of benzene rings is 2. The van der Waals surface area contributed by atoms with Crippen LogP contribution >= 0.6 is 0 Å². The number of methoxy groups -OCH3 is 3. The van der Waals surface area contributed by atoms with Crippen molar-refractivity contribution in [3.63, 3.8) is 0 Å². The smallest absolute Gasteiger partial charge is 0.328 e. The monoisotopic (exact) mass is 440 g/mol. The highest BCUT2D eigenvalue weighted by Crippen LogP contribution is 2.41. The van der Waals surface area contributed by atoms with Crippen molar-refractivity contribution in [3.8, 4) is 11.5 Å². The topological polar surface area (TPSA) is 77.1 Å². The summed E-state index contributed by atoms with van der Waals surface area (Å²) in [4.78, 5) is 27.5. The molecule has 2 atom stereocenters. The van der Waals surface area contributed by atoms with E-state index in [4.69, 9.17) is 14.2 Å². The third-order valence-corrected chi connectivity index (χ3v) is 5.74. The zero-order valence-corrected chi connectivity index (χ0v) is 19.4.